The fourth-order valence-electron chi connectivity index (χ4n) is 3.55. The van der Waals surface area contributed by atoms with E-state index in [0.717, 1.165) is 40.5 Å². The summed E-state index contributed by atoms with van der Waals surface area (Å²) in [6, 6.07) is 11.4. The van der Waals surface area contributed by atoms with Gasteiger partial charge in [-0.25, -0.2) is 0 Å². The third-order valence-electron chi connectivity index (χ3n) is 4.93. The van der Waals surface area contributed by atoms with Crippen LogP contribution < -0.4 is 5.32 Å². The van der Waals surface area contributed by atoms with Gasteiger partial charge in [0.25, 0.3) is 0 Å². The molecule has 3 nitrogen and oxygen atoms in total. The molecule has 3 rings (SSSR count). The number of carbonyl (C=O) groups excluding carboxylic acids is 1. The van der Waals surface area contributed by atoms with Crippen LogP contribution >= 0.6 is 34.5 Å². The molecule has 2 aromatic rings. The molecule has 1 fully saturated rings. The highest BCUT2D eigenvalue weighted by Gasteiger charge is 2.42. The Bertz CT molecular complexity index is 723. The van der Waals surface area contributed by atoms with E-state index in [4.69, 9.17) is 27.9 Å². The van der Waals surface area contributed by atoms with Gasteiger partial charge in [-0.2, -0.15) is 0 Å². The van der Waals surface area contributed by atoms with Gasteiger partial charge < -0.3 is 10.1 Å². The molecule has 1 heterocycles. The van der Waals surface area contributed by atoms with Gasteiger partial charge in [-0.05, 0) is 42.7 Å². The van der Waals surface area contributed by atoms with Crippen molar-refractivity contribution in [3.8, 4) is 0 Å². The average Bonchev–Trinajstić information content (AvgIpc) is 3.26. The highest BCUT2D eigenvalue weighted by molar-refractivity contribution is 7.16. The molecule has 134 valence electrons. The van der Waals surface area contributed by atoms with Gasteiger partial charge in [0, 0.05) is 23.6 Å². The molecule has 1 atom stereocenters. The second-order valence-corrected chi connectivity index (χ2v) is 8.56. The number of benzene rings is 1. The fourth-order valence-corrected chi connectivity index (χ4v) is 4.81. The van der Waals surface area contributed by atoms with E-state index in [1.54, 1.807) is 7.11 Å². The van der Waals surface area contributed by atoms with Gasteiger partial charge in [-0.1, -0.05) is 48.2 Å². The first-order chi connectivity index (χ1) is 12.0. The van der Waals surface area contributed by atoms with Crippen molar-refractivity contribution < 1.29 is 9.53 Å². The van der Waals surface area contributed by atoms with Crippen LogP contribution in [0, 0.1) is 0 Å². The molecule has 25 heavy (non-hydrogen) atoms. The van der Waals surface area contributed by atoms with Crippen molar-refractivity contribution in [3.05, 3.63) is 56.2 Å². The average molecular weight is 398 g/mol. The van der Waals surface area contributed by atoms with Gasteiger partial charge in [0.1, 0.15) is 6.10 Å². The summed E-state index contributed by atoms with van der Waals surface area (Å²) in [5.41, 5.74) is 0.579. The van der Waals surface area contributed by atoms with Crippen LogP contribution in [0.25, 0.3) is 0 Å². The number of nitrogens with one attached hydrogen (secondary N) is 1. The molecule has 6 heteroatoms. The molecule has 1 amide bonds. The zero-order valence-corrected chi connectivity index (χ0v) is 16.4. The quantitative estimate of drug-likeness (QED) is 0.711. The number of methoxy groups -OCH3 is 1. The van der Waals surface area contributed by atoms with Gasteiger partial charge in [0.05, 0.1) is 9.75 Å². The third kappa shape index (κ3) is 4.03. The van der Waals surface area contributed by atoms with Crippen molar-refractivity contribution in [2.45, 2.75) is 37.2 Å². The van der Waals surface area contributed by atoms with Gasteiger partial charge in [0.2, 0.25) is 5.91 Å². The number of carbonyl (C=O) groups is 1. The molecule has 1 unspecified atom stereocenters. The molecule has 1 aromatic heterocycles. The van der Waals surface area contributed by atoms with Crippen LogP contribution in [0.1, 0.15) is 42.2 Å². The summed E-state index contributed by atoms with van der Waals surface area (Å²) in [4.78, 5) is 14.1. The zero-order chi connectivity index (χ0) is 17.9. The van der Waals surface area contributed by atoms with E-state index < -0.39 is 5.41 Å². The lowest BCUT2D eigenvalue weighted by Gasteiger charge is -2.29. The molecule has 1 aromatic carbocycles. The summed E-state index contributed by atoms with van der Waals surface area (Å²) < 4.78 is 6.26. The summed E-state index contributed by atoms with van der Waals surface area (Å²) in [5, 5.41) is 3.79. The van der Waals surface area contributed by atoms with E-state index in [0.29, 0.717) is 11.6 Å². The van der Waals surface area contributed by atoms with Crippen LogP contribution in [0.4, 0.5) is 0 Å². The first-order valence-electron chi connectivity index (χ1n) is 8.37. The molecule has 0 aliphatic heterocycles. The summed E-state index contributed by atoms with van der Waals surface area (Å²) in [5.74, 6) is 0.0667. The van der Waals surface area contributed by atoms with E-state index in [2.05, 4.69) is 5.32 Å². The predicted octanol–water partition coefficient (Wildman–Crippen LogP) is 5.37. The van der Waals surface area contributed by atoms with Gasteiger partial charge in [-0.15, -0.1) is 11.3 Å². The third-order valence-corrected chi connectivity index (χ3v) is 6.51. The van der Waals surface area contributed by atoms with Crippen LogP contribution in [0.3, 0.4) is 0 Å². The topological polar surface area (TPSA) is 38.3 Å². The first kappa shape index (κ1) is 18.7. The molecule has 0 radical (unpaired) electrons. The monoisotopic (exact) mass is 397 g/mol. The Hall–Kier alpha value is -1.07. The van der Waals surface area contributed by atoms with Crippen molar-refractivity contribution in [1.82, 2.24) is 5.32 Å². The van der Waals surface area contributed by atoms with E-state index in [1.807, 2.05) is 36.4 Å². The van der Waals surface area contributed by atoms with E-state index in [1.165, 1.54) is 11.3 Å². The molecule has 0 saturated heterocycles. The Kier molecular flexibility index (Phi) is 6.05. The second kappa shape index (κ2) is 8.09. The Labute approximate surface area is 162 Å². The van der Waals surface area contributed by atoms with Gasteiger partial charge >= 0.3 is 0 Å². The van der Waals surface area contributed by atoms with Crippen molar-refractivity contribution >= 4 is 40.4 Å². The number of hydrogen-bond donors (Lipinski definition) is 1. The highest BCUT2D eigenvalue weighted by Crippen LogP contribution is 2.42. The van der Waals surface area contributed by atoms with E-state index in [-0.39, 0.29) is 12.0 Å². The maximum absolute atomic E-state index is 13.1. The molecular weight excluding hydrogens is 377 g/mol. The van der Waals surface area contributed by atoms with Crippen LogP contribution in [0.2, 0.25) is 9.36 Å². The molecule has 1 saturated carbocycles. The highest BCUT2D eigenvalue weighted by atomic mass is 35.5. The summed E-state index contributed by atoms with van der Waals surface area (Å²) in [6.07, 6.45) is 3.66. The minimum atomic E-state index is -0.462. The standard InChI is InChI=1S/C19H21Cl2NO2S/c1-24-15(16-8-9-17(21)25-16)12-22-18(23)19(10-2-3-11-19)13-4-6-14(20)7-5-13/h4-9,15H,2-3,10-12H2,1H3,(H,22,23). The van der Waals surface area contributed by atoms with Gasteiger partial charge in [0.15, 0.2) is 0 Å². The maximum atomic E-state index is 13.1. The Balaban J connectivity index is 1.74. The fraction of sp³-hybridized carbons (Fsp3) is 0.421. The summed E-state index contributed by atoms with van der Waals surface area (Å²) in [6.45, 7) is 0.432. The predicted molar refractivity (Wildman–Crippen MR) is 104 cm³/mol. The summed E-state index contributed by atoms with van der Waals surface area (Å²) >= 11 is 13.5. The van der Waals surface area contributed by atoms with Gasteiger partial charge in [-0.3, -0.25) is 4.79 Å². The Morgan fingerprint density at radius 1 is 1.20 bits per heavy atom. The van der Waals surface area contributed by atoms with Crippen LogP contribution in [0.15, 0.2) is 36.4 Å². The smallest absolute Gasteiger partial charge is 0.230 e. The van der Waals surface area contributed by atoms with E-state index in [9.17, 15) is 4.79 Å². The lowest BCUT2D eigenvalue weighted by Crippen LogP contribution is -2.44. The van der Waals surface area contributed by atoms with Crippen molar-refractivity contribution in [2.24, 2.45) is 0 Å². The number of rotatable bonds is 6. The summed E-state index contributed by atoms with van der Waals surface area (Å²) in [7, 11) is 1.65. The van der Waals surface area contributed by atoms with Crippen molar-refractivity contribution in [2.75, 3.05) is 13.7 Å². The minimum absolute atomic E-state index is 0.0667. The molecule has 0 bridgehead atoms. The molecular formula is C19H21Cl2NO2S. The zero-order valence-electron chi connectivity index (χ0n) is 14.1. The second-order valence-electron chi connectivity index (χ2n) is 6.37. The lowest BCUT2D eigenvalue weighted by molar-refractivity contribution is -0.127. The number of ether oxygens (including phenoxy) is 1. The van der Waals surface area contributed by atoms with Crippen molar-refractivity contribution in [3.63, 3.8) is 0 Å². The number of hydrogen-bond acceptors (Lipinski definition) is 3. The maximum Gasteiger partial charge on any atom is 0.230 e. The normalized spacial score (nSPS) is 17.4. The molecule has 1 aliphatic rings. The van der Waals surface area contributed by atoms with Crippen LogP contribution in [0.5, 0.6) is 0 Å². The van der Waals surface area contributed by atoms with Crippen LogP contribution in [-0.2, 0) is 14.9 Å². The Morgan fingerprint density at radius 2 is 1.88 bits per heavy atom. The SMILES string of the molecule is COC(CNC(=O)C1(c2ccc(Cl)cc2)CCCC1)c1ccc(Cl)s1. The molecule has 1 aliphatic carbocycles. The molecule has 0 spiro atoms. The number of halogens is 2. The number of thiophene rings is 1. The van der Waals surface area contributed by atoms with Crippen molar-refractivity contribution in [1.29, 1.82) is 0 Å². The van der Waals surface area contributed by atoms with E-state index >= 15 is 0 Å². The van der Waals surface area contributed by atoms with Crippen LogP contribution in [-0.4, -0.2) is 19.6 Å². The molecule has 1 N–H and O–H groups in total. The Morgan fingerprint density at radius 3 is 2.44 bits per heavy atom. The number of amides is 1. The minimum Gasteiger partial charge on any atom is -0.374 e. The largest absolute Gasteiger partial charge is 0.374 e. The lowest BCUT2D eigenvalue weighted by atomic mass is 9.78. The first-order valence-corrected chi connectivity index (χ1v) is 9.95.